The Morgan fingerprint density at radius 2 is 2.05 bits per heavy atom. The van der Waals surface area contributed by atoms with E-state index in [0.29, 0.717) is 22.4 Å². The molecular formula is C14H7ClFN5O. The predicted molar refractivity (Wildman–Crippen MR) is 78.9 cm³/mol. The van der Waals surface area contributed by atoms with E-state index in [1.54, 1.807) is 12.3 Å². The zero-order valence-corrected chi connectivity index (χ0v) is 11.7. The fourth-order valence-corrected chi connectivity index (χ4v) is 2.48. The number of pyridine rings is 1. The van der Waals surface area contributed by atoms with Crippen LogP contribution in [0.1, 0.15) is 0 Å². The summed E-state index contributed by atoms with van der Waals surface area (Å²) in [6, 6.07) is 5.81. The quantitative estimate of drug-likeness (QED) is 0.540. The van der Waals surface area contributed by atoms with Crippen molar-refractivity contribution in [2.75, 3.05) is 0 Å². The second-order valence-corrected chi connectivity index (χ2v) is 5.03. The summed E-state index contributed by atoms with van der Waals surface area (Å²) in [5, 5.41) is 4.37. The van der Waals surface area contributed by atoms with Gasteiger partial charge in [-0.05, 0) is 24.3 Å². The zero-order chi connectivity index (χ0) is 15.3. The lowest BCUT2D eigenvalue weighted by Gasteiger charge is -2.08. The van der Waals surface area contributed by atoms with Gasteiger partial charge in [-0.1, -0.05) is 11.6 Å². The van der Waals surface area contributed by atoms with Crippen LogP contribution in [0.15, 0.2) is 47.8 Å². The average Bonchev–Trinajstić information content (AvgIpc) is 2.99. The molecule has 0 fully saturated rings. The molecule has 3 aromatic heterocycles. The molecule has 4 aromatic rings. The van der Waals surface area contributed by atoms with Crippen molar-refractivity contribution in [2.24, 2.45) is 0 Å². The summed E-state index contributed by atoms with van der Waals surface area (Å²) in [6.07, 6.45) is 4.39. The molecule has 0 spiro atoms. The van der Waals surface area contributed by atoms with Crippen LogP contribution in [0, 0.1) is 5.82 Å². The zero-order valence-electron chi connectivity index (χ0n) is 10.9. The van der Waals surface area contributed by atoms with E-state index in [4.69, 9.17) is 11.6 Å². The molecule has 0 radical (unpaired) electrons. The first-order chi connectivity index (χ1) is 10.6. The van der Waals surface area contributed by atoms with Crippen LogP contribution in [0.5, 0.6) is 0 Å². The number of benzene rings is 1. The molecule has 0 aliphatic rings. The Morgan fingerprint density at radius 1 is 1.18 bits per heavy atom. The van der Waals surface area contributed by atoms with E-state index in [1.807, 2.05) is 0 Å². The molecule has 0 amide bonds. The monoisotopic (exact) mass is 315 g/mol. The van der Waals surface area contributed by atoms with Crippen molar-refractivity contribution < 1.29 is 4.39 Å². The Bertz CT molecular complexity index is 1090. The van der Waals surface area contributed by atoms with Crippen molar-refractivity contribution in [3.05, 3.63) is 64.2 Å². The molecule has 1 aromatic carbocycles. The molecule has 108 valence electrons. The molecule has 0 atom stereocenters. The van der Waals surface area contributed by atoms with Gasteiger partial charge in [0.15, 0.2) is 0 Å². The molecule has 0 saturated heterocycles. The number of fused-ring (bicyclic) bond motifs is 3. The number of halogens is 2. The van der Waals surface area contributed by atoms with Crippen molar-refractivity contribution in [1.82, 2.24) is 24.1 Å². The van der Waals surface area contributed by atoms with E-state index in [-0.39, 0.29) is 10.6 Å². The van der Waals surface area contributed by atoms with Gasteiger partial charge in [0.25, 0.3) is 11.3 Å². The highest BCUT2D eigenvalue weighted by molar-refractivity contribution is 6.30. The van der Waals surface area contributed by atoms with E-state index >= 15 is 0 Å². The minimum atomic E-state index is -0.537. The second kappa shape index (κ2) is 4.60. The highest BCUT2D eigenvalue weighted by Gasteiger charge is 2.10. The first-order valence-corrected chi connectivity index (χ1v) is 6.68. The van der Waals surface area contributed by atoms with Crippen LogP contribution in [0.3, 0.4) is 0 Å². The summed E-state index contributed by atoms with van der Waals surface area (Å²) in [6.45, 7) is 0. The van der Waals surface area contributed by atoms with E-state index < -0.39 is 5.82 Å². The molecule has 0 bridgehead atoms. The summed E-state index contributed by atoms with van der Waals surface area (Å²) < 4.78 is 16.1. The van der Waals surface area contributed by atoms with Gasteiger partial charge in [0, 0.05) is 12.4 Å². The predicted octanol–water partition coefficient (Wildman–Crippen LogP) is 2.22. The van der Waals surface area contributed by atoms with Crippen molar-refractivity contribution in [3.63, 3.8) is 0 Å². The summed E-state index contributed by atoms with van der Waals surface area (Å²) in [7, 11) is 0. The molecule has 4 rings (SSSR count). The van der Waals surface area contributed by atoms with Crippen LogP contribution in [-0.2, 0) is 0 Å². The minimum Gasteiger partial charge on any atom is -0.284 e. The van der Waals surface area contributed by atoms with Gasteiger partial charge in [0.1, 0.15) is 12.1 Å². The molecule has 8 heteroatoms. The summed E-state index contributed by atoms with van der Waals surface area (Å²) >= 11 is 5.77. The molecular weight excluding hydrogens is 309 g/mol. The van der Waals surface area contributed by atoms with Gasteiger partial charge in [-0.15, -0.1) is 0 Å². The molecule has 0 saturated carbocycles. The van der Waals surface area contributed by atoms with E-state index in [9.17, 15) is 9.18 Å². The third-order valence-electron chi connectivity index (χ3n) is 3.36. The SMILES string of the molecule is O=c1c2cnc3ncnn3c2ccn1-c1ccc(F)c(Cl)c1. The van der Waals surface area contributed by atoms with Crippen LogP contribution in [0.2, 0.25) is 5.02 Å². The lowest BCUT2D eigenvalue weighted by molar-refractivity contribution is 0.627. The number of hydrogen-bond acceptors (Lipinski definition) is 4. The Morgan fingerprint density at radius 3 is 2.86 bits per heavy atom. The largest absolute Gasteiger partial charge is 0.284 e. The van der Waals surface area contributed by atoms with Crippen molar-refractivity contribution in [2.45, 2.75) is 0 Å². The van der Waals surface area contributed by atoms with E-state index in [2.05, 4.69) is 15.1 Å². The van der Waals surface area contributed by atoms with Crippen LogP contribution in [0.25, 0.3) is 22.4 Å². The fraction of sp³-hybridized carbons (Fsp3) is 0. The maximum Gasteiger partial charge on any atom is 0.266 e. The van der Waals surface area contributed by atoms with Crippen LogP contribution >= 0.6 is 11.6 Å². The Hall–Kier alpha value is -2.80. The number of hydrogen-bond donors (Lipinski definition) is 0. The number of aromatic nitrogens is 5. The van der Waals surface area contributed by atoms with Gasteiger partial charge in [0.2, 0.25) is 0 Å². The van der Waals surface area contributed by atoms with Gasteiger partial charge in [-0.2, -0.15) is 14.6 Å². The van der Waals surface area contributed by atoms with Crippen molar-refractivity contribution in [1.29, 1.82) is 0 Å². The third-order valence-corrected chi connectivity index (χ3v) is 3.64. The molecule has 0 unspecified atom stereocenters. The Labute approximate surface area is 127 Å². The first-order valence-electron chi connectivity index (χ1n) is 6.31. The highest BCUT2D eigenvalue weighted by atomic mass is 35.5. The fourth-order valence-electron chi connectivity index (χ4n) is 2.30. The minimum absolute atomic E-state index is 0.0469. The maximum atomic E-state index is 13.3. The molecule has 6 nitrogen and oxygen atoms in total. The summed E-state index contributed by atoms with van der Waals surface area (Å²) in [5.74, 6) is -0.125. The third kappa shape index (κ3) is 1.79. The van der Waals surface area contributed by atoms with Crippen molar-refractivity contribution in [3.8, 4) is 5.69 Å². The lowest BCUT2D eigenvalue weighted by atomic mass is 10.2. The van der Waals surface area contributed by atoms with Crippen LogP contribution in [-0.4, -0.2) is 24.1 Å². The molecule has 0 aliphatic carbocycles. The maximum absolute atomic E-state index is 13.3. The molecule has 0 N–H and O–H groups in total. The Kier molecular flexibility index (Phi) is 2.70. The van der Waals surface area contributed by atoms with Gasteiger partial charge in [-0.3, -0.25) is 9.36 Å². The topological polar surface area (TPSA) is 65.1 Å². The van der Waals surface area contributed by atoms with Gasteiger partial charge >= 0.3 is 0 Å². The first kappa shape index (κ1) is 12.9. The van der Waals surface area contributed by atoms with E-state index in [0.717, 1.165) is 0 Å². The van der Waals surface area contributed by atoms with Crippen LogP contribution < -0.4 is 5.56 Å². The Balaban J connectivity index is 2.03. The highest BCUT2D eigenvalue weighted by Crippen LogP contribution is 2.19. The normalized spacial score (nSPS) is 11.4. The lowest BCUT2D eigenvalue weighted by Crippen LogP contribution is -2.19. The van der Waals surface area contributed by atoms with Gasteiger partial charge in [0.05, 0.1) is 21.6 Å². The number of rotatable bonds is 1. The smallest absolute Gasteiger partial charge is 0.266 e. The van der Waals surface area contributed by atoms with Gasteiger partial charge < -0.3 is 0 Å². The summed E-state index contributed by atoms with van der Waals surface area (Å²) in [4.78, 5) is 20.7. The van der Waals surface area contributed by atoms with E-state index in [1.165, 1.54) is 39.8 Å². The summed E-state index contributed by atoms with van der Waals surface area (Å²) in [5.41, 5.74) is 0.763. The second-order valence-electron chi connectivity index (χ2n) is 4.62. The molecule has 3 heterocycles. The number of nitrogens with zero attached hydrogens (tertiary/aromatic N) is 5. The van der Waals surface area contributed by atoms with Gasteiger partial charge in [-0.25, -0.2) is 9.37 Å². The van der Waals surface area contributed by atoms with Crippen LogP contribution in [0.4, 0.5) is 4.39 Å². The standard InChI is InChI=1S/C14H7ClFN5O/c15-10-5-8(1-2-11(10)16)20-4-3-12-9(13(20)22)6-17-14-18-7-19-21(12)14/h1-7H. The molecule has 22 heavy (non-hydrogen) atoms. The molecule has 0 aliphatic heterocycles. The average molecular weight is 316 g/mol. The van der Waals surface area contributed by atoms with Crippen molar-refractivity contribution >= 4 is 28.3 Å².